The topological polar surface area (TPSA) is 103 Å². The standard InChI is InChI=1S/C26H23BrN2O6S2/c1-35-25(30)17-10-18-28(36(31,32)20-11-4-2-5-12-20)19-24-26(27)22-15-8-9-16-23(22)29(24)37(33,34)21-13-6-3-7-14-21/h2-17H,18-19H2,1H3/b17-10+. The molecule has 1 aromatic heterocycles. The minimum absolute atomic E-state index is 0.0335. The van der Waals surface area contributed by atoms with Crippen LogP contribution < -0.4 is 0 Å². The van der Waals surface area contributed by atoms with Crippen molar-refractivity contribution in [2.45, 2.75) is 16.3 Å². The molecule has 0 fully saturated rings. The molecule has 0 saturated carbocycles. The van der Waals surface area contributed by atoms with Gasteiger partial charge in [0.2, 0.25) is 10.0 Å². The molecule has 0 amide bonds. The number of aromatic nitrogens is 1. The lowest BCUT2D eigenvalue weighted by molar-refractivity contribution is -0.134. The van der Waals surface area contributed by atoms with Crippen LogP contribution >= 0.6 is 15.9 Å². The molecule has 0 saturated heterocycles. The molecule has 1 heterocycles. The minimum atomic E-state index is -4.10. The van der Waals surface area contributed by atoms with E-state index in [4.69, 9.17) is 0 Å². The molecule has 37 heavy (non-hydrogen) atoms. The van der Waals surface area contributed by atoms with E-state index in [9.17, 15) is 21.6 Å². The van der Waals surface area contributed by atoms with Crippen LogP contribution in [0.1, 0.15) is 5.69 Å². The maximum absolute atomic E-state index is 13.8. The molecule has 8 nitrogen and oxygen atoms in total. The van der Waals surface area contributed by atoms with E-state index in [2.05, 4.69) is 20.7 Å². The number of hydrogen-bond acceptors (Lipinski definition) is 6. The third-order valence-electron chi connectivity index (χ3n) is 5.61. The van der Waals surface area contributed by atoms with Crippen LogP contribution in [-0.4, -0.2) is 44.7 Å². The normalized spacial score (nSPS) is 12.4. The number of ether oxygens (including phenoxy) is 1. The molecular formula is C26H23BrN2O6S2. The molecule has 0 aliphatic rings. The second-order valence-corrected chi connectivity index (χ2v) is 12.4. The summed E-state index contributed by atoms with van der Waals surface area (Å²) in [7, 11) is -6.96. The molecule has 0 radical (unpaired) electrons. The quantitative estimate of drug-likeness (QED) is 0.205. The first-order valence-electron chi connectivity index (χ1n) is 11.1. The summed E-state index contributed by atoms with van der Waals surface area (Å²) < 4.78 is 62.3. The number of rotatable bonds is 9. The maximum Gasteiger partial charge on any atom is 0.330 e. The first kappa shape index (κ1) is 26.8. The van der Waals surface area contributed by atoms with E-state index in [1.54, 1.807) is 60.7 Å². The zero-order valence-corrected chi connectivity index (χ0v) is 22.9. The predicted molar refractivity (Wildman–Crippen MR) is 144 cm³/mol. The summed E-state index contributed by atoms with van der Waals surface area (Å²) in [6.07, 6.45) is 2.48. The number of hydrogen-bond donors (Lipinski definition) is 0. The van der Waals surface area contributed by atoms with E-state index >= 15 is 0 Å². The van der Waals surface area contributed by atoms with Crippen molar-refractivity contribution in [2.75, 3.05) is 13.7 Å². The molecule has 4 aromatic rings. The van der Waals surface area contributed by atoms with Gasteiger partial charge in [0.1, 0.15) is 0 Å². The van der Waals surface area contributed by atoms with E-state index in [0.29, 0.717) is 15.4 Å². The summed E-state index contributed by atoms with van der Waals surface area (Å²) in [5.74, 6) is -0.640. The van der Waals surface area contributed by atoms with E-state index in [1.165, 1.54) is 41.4 Å². The summed E-state index contributed by atoms with van der Waals surface area (Å²) in [6.45, 7) is -0.504. The van der Waals surface area contributed by atoms with Gasteiger partial charge in [-0.2, -0.15) is 4.31 Å². The van der Waals surface area contributed by atoms with Gasteiger partial charge in [-0.25, -0.2) is 25.6 Å². The number of halogens is 1. The van der Waals surface area contributed by atoms with Gasteiger partial charge >= 0.3 is 5.97 Å². The zero-order valence-electron chi connectivity index (χ0n) is 19.7. The van der Waals surface area contributed by atoms with Crippen LogP contribution in [0.15, 0.2) is 111 Å². The number of sulfonamides is 1. The van der Waals surface area contributed by atoms with Crippen LogP contribution in [0.25, 0.3) is 10.9 Å². The number of methoxy groups -OCH3 is 1. The number of carbonyl (C=O) groups excluding carboxylic acids is 1. The Hall–Kier alpha value is -3.25. The molecule has 0 unspecified atom stereocenters. The van der Waals surface area contributed by atoms with Gasteiger partial charge in [-0.1, -0.05) is 60.7 Å². The molecule has 0 atom stereocenters. The molecule has 11 heteroatoms. The van der Waals surface area contributed by atoms with E-state index in [-0.39, 0.29) is 28.6 Å². The summed E-state index contributed by atoms with van der Waals surface area (Å²) in [5, 5.41) is 0.610. The Morgan fingerprint density at radius 1 is 0.892 bits per heavy atom. The SMILES string of the molecule is COC(=O)/C=C/CN(Cc1c(Br)c2ccccc2n1S(=O)(=O)c1ccccc1)S(=O)(=O)c1ccccc1. The van der Waals surface area contributed by atoms with Crippen molar-refractivity contribution in [3.63, 3.8) is 0 Å². The second kappa shape index (κ2) is 11.0. The highest BCUT2D eigenvalue weighted by molar-refractivity contribution is 9.10. The second-order valence-electron chi connectivity index (χ2n) is 7.90. The Balaban J connectivity index is 1.90. The number of para-hydroxylation sites is 1. The van der Waals surface area contributed by atoms with Crippen molar-refractivity contribution in [1.82, 2.24) is 8.28 Å². The average Bonchev–Trinajstić information content (AvgIpc) is 3.20. The lowest BCUT2D eigenvalue weighted by Gasteiger charge is -2.22. The predicted octanol–water partition coefficient (Wildman–Crippen LogP) is 4.56. The van der Waals surface area contributed by atoms with Gasteiger partial charge in [0.05, 0.1) is 34.7 Å². The van der Waals surface area contributed by atoms with Crippen LogP contribution in [0.3, 0.4) is 0 Å². The molecule has 0 spiro atoms. The highest BCUT2D eigenvalue weighted by Gasteiger charge is 2.31. The maximum atomic E-state index is 13.8. The van der Waals surface area contributed by atoms with Gasteiger partial charge in [0.15, 0.2) is 0 Å². The molecule has 0 aliphatic carbocycles. The summed E-state index contributed by atoms with van der Waals surface area (Å²) in [5.41, 5.74) is 0.617. The Kier molecular flexibility index (Phi) is 7.98. The molecule has 0 bridgehead atoms. The number of benzene rings is 3. The van der Waals surface area contributed by atoms with Crippen molar-refractivity contribution in [1.29, 1.82) is 0 Å². The minimum Gasteiger partial charge on any atom is -0.466 e. The number of nitrogens with zero attached hydrogens (tertiary/aromatic N) is 2. The number of esters is 1. The lowest BCUT2D eigenvalue weighted by Crippen LogP contribution is -2.32. The fourth-order valence-corrected chi connectivity index (χ4v) is 7.52. The Morgan fingerprint density at radius 2 is 1.46 bits per heavy atom. The summed E-state index contributed by atoms with van der Waals surface area (Å²) in [4.78, 5) is 11.7. The first-order valence-corrected chi connectivity index (χ1v) is 14.7. The van der Waals surface area contributed by atoms with Crippen LogP contribution in [0.2, 0.25) is 0 Å². The Bertz CT molecular complexity index is 1670. The molecule has 0 aliphatic heterocycles. The molecular weight excluding hydrogens is 580 g/mol. The van der Waals surface area contributed by atoms with Gasteiger partial charge < -0.3 is 4.74 Å². The molecule has 0 N–H and O–H groups in total. The van der Waals surface area contributed by atoms with Gasteiger partial charge in [-0.05, 0) is 46.3 Å². The monoisotopic (exact) mass is 602 g/mol. The first-order chi connectivity index (χ1) is 17.7. The Morgan fingerprint density at radius 3 is 2.08 bits per heavy atom. The fraction of sp³-hybridized carbons (Fsp3) is 0.115. The van der Waals surface area contributed by atoms with Gasteiger partial charge in [0.25, 0.3) is 10.0 Å². The summed E-state index contributed by atoms with van der Waals surface area (Å²) >= 11 is 3.52. The van der Waals surface area contributed by atoms with Crippen LogP contribution in [0.4, 0.5) is 0 Å². The lowest BCUT2D eigenvalue weighted by atomic mass is 10.2. The van der Waals surface area contributed by atoms with Gasteiger partial charge in [-0.15, -0.1) is 0 Å². The van der Waals surface area contributed by atoms with E-state index in [0.717, 1.165) is 10.4 Å². The van der Waals surface area contributed by atoms with Crippen molar-refractivity contribution in [2.24, 2.45) is 0 Å². The van der Waals surface area contributed by atoms with Crippen molar-refractivity contribution in [3.05, 3.63) is 107 Å². The fourth-order valence-electron chi connectivity index (χ4n) is 3.82. The number of carbonyl (C=O) groups is 1. The molecule has 4 rings (SSSR count). The highest BCUT2D eigenvalue weighted by atomic mass is 79.9. The smallest absolute Gasteiger partial charge is 0.330 e. The van der Waals surface area contributed by atoms with Crippen molar-refractivity contribution in [3.8, 4) is 0 Å². The highest BCUT2D eigenvalue weighted by Crippen LogP contribution is 2.35. The molecule has 3 aromatic carbocycles. The average molecular weight is 604 g/mol. The third kappa shape index (κ3) is 5.40. The molecule has 192 valence electrons. The van der Waals surface area contributed by atoms with Gasteiger partial charge in [0, 0.05) is 22.5 Å². The van der Waals surface area contributed by atoms with Crippen molar-refractivity contribution >= 4 is 52.8 Å². The Labute approximate surface area is 224 Å². The van der Waals surface area contributed by atoms with E-state index in [1.807, 2.05) is 0 Å². The third-order valence-corrected chi connectivity index (χ3v) is 10.1. The summed E-state index contributed by atoms with van der Waals surface area (Å²) in [6, 6.07) is 22.6. The van der Waals surface area contributed by atoms with E-state index < -0.39 is 26.0 Å². The van der Waals surface area contributed by atoms with Crippen LogP contribution in [0, 0.1) is 0 Å². The zero-order chi connectivity index (χ0) is 26.6. The number of fused-ring (bicyclic) bond motifs is 1. The largest absolute Gasteiger partial charge is 0.466 e. The van der Waals surface area contributed by atoms with Crippen molar-refractivity contribution < 1.29 is 26.4 Å². The van der Waals surface area contributed by atoms with Gasteiger partial charge in [-0.3, -0.25) is 0 Å². The van der Waals surface area contributed by atoms with Crippen LogP contribution in [-0.2, 0) is 36.1 Å². The van der Waals surface area contributed by atoms with Crippen LogP contribution in [0.5, 0.6) is 0 Å².